The maximum atomic E-state index is 14.2. The summed E-state index contributed by atoms with van der Waals surface area (Å²) in [5.74, 6) is -1.89. The first-order chi connectivity index (χ1) is 10.0. The monoisotopic (exact) mass is 296 g/mol. The van der Waals surface area contributed by atoms with Gasteiger partial charge in [-0.15, -0.1) is 10.2 Å². The zero-order chi connectivity index (χ0) is 15.1. The molecule has 2 aromatic rings. The van der Waals surface area contributed by atoms with Gasteiger partial charge < -0.3 is 9.67 Å². The minimum absolute atomic E-state index is 0.00104. The molecule has 1 N–H and O–H groups in total. The highest BCUT2D eigenvalue weighted by Gasteiger charge is 2.32. The summed E-state index contributed by atoms with van der Waals surface area (Å²) >= 11 is 0. The van der Waals surface area contributed by atoms with E-state index in [1.54, 1.807) is 0 Å². The molecule has 1 aromatic heterocycles. The van der Waals surface area contributed by atoms with Crippen molar-refractivity contribution in [1.29, 1.82) is 0 Å². The summed E-state index contributed by atoms with van der Waals surface area (Å²) in [6, 6.07) is 1.36. The molecule has 1 fully saturated rings. The molecule has 3 rings (SSSR count). The fourth-order valence-corrected chi connectivity index (χ4v) is 2.20. The Balaban J connectivity index is 2.21. The van der Waals surface area contributed by atoms with E-state index in [-0.39, 0.29) is 23.3 Å². The van der Waals surface area contributed by atoms with Gasteiger partial charge in [-0.05, 0) is 18.9 Å². The van der Waals surface area contributed by atoms with Gasteiger partial charge in [0.25, 0.3) is 0 Å². The van der Waals surface area contributed by atoms with Gasteiger partial charge in [-0.1, -0.05) is 0 Å². The van der Waals surface area contributed by atoms with Crippen molar-refractivity contribution in [3.05, 3.63) is 39.7 Å². The van der Waals surface area contributed by atoms with Gasteiger partial charge in [0.15, 0.2) is 11.6 Å². The quantitative estimate of drug-likeness (QED) is 0.687. The predicted molar refractivity (Wildman–Crippen MR) is 66.2 cm³/mol. The van der Waals surface area contributed by atoms with Crippen LogP contribution >= 0.6 is 0 Å². The molecule has 1 aliphatic carbocycles. The number of nitro benzene ring substituents is 1. The summed E-state index contributed by atoms with van der Waals surface area (Å²) < 4.78 is 29.2. The second-order valence-electron chi connectivity index (χ2n) is 4.74. The first-order valence-corrected chi connectivity index (χ1v) is 6.21. The van der Waals surface area contributed by atoms with E-state index in [0.29, 0.717) is 6.07 Å². The lowest BCUT2D eigenvalue weighted by molar-refractivity contribution is -0.387. The molecule has 21 heavy (non-hydrogen) atoms. The number of hydrogen-bond donors (Lipinski definition) is 1. The molecule has 0 saturated heterocycles. The van der Waals surface area contributed by atoms with Gasteiger partial charge in [-0.25, -0.2) is 4.39 Å². The molecule has 1 aliphatic rings. The van der Waals surface area contributed by atoms with Crippen molar-refractivity contribution in [2.45, 2.75) is 25.5 Å². The average Bonchev–Trinajstić information content (AvgIpc) is 3.20. The molecule has 9 heteroatoms. The van der Waals surface area contributed by atoms with Crippen molar-refractivity contribution in [1.82, 2.24) is 14.8 Å². The maximum absolute atomic E-state index is 14.2. The van der Waals surface area contributed by atoms with Crippen molar-refractivity contribution < 1.29 is 18.8 Å². The summed E-state index contributed by atoms with van der Waals surface area (Å²) in [5.41, 5.74) is -1.29. The first kappa shape index (κ1) is 13.6. The molecule has 110 valence electrons. The van der Waals surface area contributed by atoms with Gasteiger partial charge in [0.1, 0.15) is 12.4 Å². The molecule has 1 saturated carbocycles. The zero-order valence-electron chi connectivity index (χ0n) is 10.7. The molecule has 0 atom stereocenters. The van der Waals surface area contributed by atoms with Gasteiger partial charge in [0.05, 0.1) is 16.6 Å². The molecule has 0 aliphatic heterocycles. The number of benzene rings is 1. The summed E-state index contributed by atoms with van der Waals surface area (Å²) in [5, 5.41) is 27.5. The van der Waals surface area contributed by atoms with Gasteiger partial charge in [0.2, 0.25) is 5.82 Å². The Morgan fingerprint density at radius 2 is 2.10 bits per heavy atom. The number of aliphatic hydroxyl groups is 1. The van der Waals surface area contributed by atoms with Crippen molar-refractivity contribution in [3.63, 3.8) is 0 Å². The number of halogens is 2. The van der Waals surface area contributed by atoms with E-state index in [1.165, 1.54) is 4.57 Å². The SMILES string of the molecule is O=[N+]([O-])c1cc(F)cc(-c2nnc(CO)n2C2CC2)c1F. The lowest BCUT2D eigenvalue weighted by Gasteiger charge is -2.08. The summed E-state index contributed by atoms with van der Waals surface area (Å²) in [7, 11) is 0. The Morgan fingerprint density at radius 3 is 2.67 bits per heavy atom. The van der Waals surface area contributed by atoms with Crippen LogP contribution in [0.15, 0.2) is 12.1 Å². The van der Waals surface area contributed by atoms with Crippen LogP contribution in [0.25, 0.3) is 11.4 Å². The molecular weight excluding hydrogens is 286 g/mol. The standard InChI is InChI=1S/C12H10F2N4O3/c13-6-3-8(11(14)9(4-6)18(20)21)12-16-15-10(5-19)17(12)7-1-2-7/h3-4,7,19H,1-2,5H2. The number of nitro groups is 1. The molecule has 7 nitrogen and oxygen atoms in total. The summed E-state index contributed by atoms with van der Waals surface area (Å²) in [6.45, 7) is -0.400. The van der Waals surface area contributed by atoms with E-state index in [0.717, 1.165) is 18.9 Å². The predicted octanol–water partition coefficient (Wildman–Crippen LogP) is 1.96. The Labute approximate surface area is 117 Å². The van der Waals surface area contributed by atoms with Crippen LogP contribution in [0.2, 0.25) is 0 Å². The fraction of sp³-hybridized carbons (Fsp3) is 0.333. The van der Waals surface area contributed by atoms with Crippen molar-refractivity contribution in [2.24, 2.45) is 0 Å². The van der Waals surface area contributed by atoms with Gasteiger partial charge in [0, 0.05) is 6.04 Å². The molecule has 0 amide bonds. The topological polar surface area (TPSA) is 94.1 Å². The highest BCUT2D eigenvalue weighted by molar-refractivity contribution is 5.61. The summed E-state index contributed by atoms with van der Waals surface area (Å²) in [4.78, 5) is 9.77. The van der Waals surface area contributed by atoms with Crippen LogP contribution in [0.5, 0.6) is 0 Å². The highest BCUT2D eigenvalue weighted by atomic mass is 19.1. The normalized spacial score (nSPS) is 14.4. The molecule has 1 aromatic carbocycles. The van der Waals surface area contributed by atoms with Crippen LogP contribution < -0.4 is 0 Å². The molecule has 0 bridgehead atoms. The van der Waals surface area contributed by atoms with Crippen LogP contribution in [-0.2, 0) is 6.61 Å². The maximum Gasteiger partial charge on any atom is 0.308 e. The van der Waals surface area contributed by atoms with Crippen molar-refractivity contribution in [3.8, 4) is 11.4 Å². The highest BCUT2D eigenvalue weighted by Crippen LogP contribution is 2.40. The molecule has 1 heterocycles. The first-order valence-electron chi connectivity index (χ1n) is 6.21. The van der Waals surface area contributed by atoms with Crippen LogP contribution in [0.4, 0.5) is 14.5 Å². The lowest BCUT2D eigenvalue weighted by atomic mass is 10.1. The second kappa shape index (κ2) is 4.85. The Kier molecular flexibility index (Phi) is 3.13. The van der Waals surface area contributed by atoms with Gasteiger partial charge in [-0.3, -0.25) is 10.1 Å². The second-order valence-corrected chi connectivity index (χ2v) is 4.74. The lowest BCUT2D eigenvalue weighted by Crippen LogP contribution is -2.05. The third-order valence-corrected chi connectivity index (χ3v) is 3.28. The third-order valence-electron chi connectivity index (χ3n) is 3.28. The van der Waals surface area contributed by atoms with Crippen LogP contribution in [-0.4, -0.2) is 24.8 Å². The van der Waals surface area contributed by atoms with E-state index < -0.39 is 28.9 Å². The number of aromatic nitrogens is 3. The molecular formula is C12H10F2N4O3. The van der Waals surface area contributed by atoms with Crippen molar-refractivity contribution in [2.75, 3.05) is 0 Å². The number of nitrogens with zero attached hydrogens (tertiary/aromatic N) is 4. The van der Waals surface area contributed by atoms with Crippen LogP contribution in [0.1, 0.15) is 24.7 Å². The van der Waals surface area contributed by atoms with E-state index in [4.69, 9.17) is 0 Å². The minimum Gasteiger partial charge on any atom is -0.388 e. The summed E-state index contributed by atoms with van der Waals surface area (Å²) in [6.07, 6.45) is 1.61. The van der Waals surface area contributed by atoms with Gasteiger partial charge in [-0.2, -0.15) is 4.39 Å². The molecule has 0 unspecified atom stereocenters. The van der Waals surface area contributed by atoms with E-state index in [1.807, 2.05) is 0 Å². The van der Waals surface area contributed by atoms with Crippen molar-refractivity contribution >= 4 is 5.69 Å². The Hall–Kier alpha value is -2.42. The smallest absolute Gasteiger partial charge is 0.308 e. The largest absolute Gasteiger partial charge is 0.388 e. The number of aliphatic hydroxyl groups excluding tert-OH is 1. The van der Waals surface area contributed by atoms with Crippen LogP contribution in [0.3, 0.4) is 0 Å². The fourth-order valence-electron chi connectivity index (χ4n) is 2.20. The Morgan fingerprint density at radius 1 is 1.38 bits per heavy atom. The minimum atomic E-state index is -1.17. The average molecular weight is 296 g/mol. The van der Waals surface area contributed by atoms with E-state index in [2.05, 4.69) is 10.2 Å². The van der Waals surface area contributed by atoms with Crippen LogP contribution in [0, 0.1) is 21.7 Å². The van der Waals surface area contributed by atoms with E-state index in [9.17, 15) is 24.0 Å². The van der Waals surface area contributed by atoms with Gasteiger partial charge >= 0.3 is 5.69 Å². The third kappa shape index (κ3) is 2.25. The number of rotatable bonds is 4. The molecule has 0 radical (unpaired) electrons. The van der Waals surface area contributed by atoms with E-state index >= 15 is 0 Å². The zero-order valence-corrected chi connectivity index (χ0v) is 10.7. The Bertz CT molecular complexity index is 728. The molecule has 0 spiro atoms. The number of hydrogen-bond acceptors (Lipinski definition) is 5.